The van der Waals surface area contributed by atoms with Crippen LogP contribution in [0.4, 0.5) is 0 Å². The molecule has 100 valence electrons. The van der Waals surface area contributed by atoms with Gasteiger partial charge in [-0.2, -0.15) is 0 Å². The lowest BCUT2D eigenvalue weighted by molar-refractivity contribution is -0.00874. The van der Waals surface area contributed by atoms with E-state index in [2.05, 4.69) is 5.43 Å². The van der Waals surface area contributed by atoms with E-state index >= 15 is 0 Å². The van der Waals surface area contributed by atoms with Crippen LogP contribution < -0.4 is 16.0 Å². The molecular weight excluding hydrogens is 228 g/mol. The van der Waals surface area contributed by atoms with Crippen molar-refractivity contribution in [2.24, 2.45) is 5.84 Å². The number of para-hydroxylation sites is 1. The second-order valence-electron chi connectivity index (χ2n) is 4.52. The number of hydrogen-bond donors (Lipinski definition) is 2. The van der Waals surface area contributed by atoms with E-state index in [1.807, 2.05) is 31.2 Å². The molecule has 0 aliphatic carbocycles. The van der Waals surface area contributed by atoms with E-state index in [0.717, 1.165) is 30.8 Å². The molecule has 2 unspecified atom stereocenters. The highest BCUT2D eigenvalue weighted by Gasteiger charge is 2.27. The zero-order chi connectivity index (χ0) is 12.8. The molecule has 0 aromatic heterocycles. The zero-order valence-corrected chi connectivity index (χ0v) is 10.9. The Bertz CT molecular complexity index is 365. The van der Waals surface area contributed by atoms with E-state index in [4.69, 9.17) is 15.3 Å². The molecule has 4 heteroatoms. The van der Waals surface area contributed by atoms with Crippen LogP contribution in [-0.4, -0.2) is 19.3 Å². The first-order valence-electron chi connectivity index (χ1n) is 6.66. The topological polar surface area (TPSA) is 56.5 Å². The zero-order valence-electron chi connectivity index (χ0n) is 10.9. The largest absolute Gasteiger partial charge is 0.494 e. The molecule has 18 heavy (non-hydrogen) atoms. The number of hydrogen-bond acceptors (Lipinski definition) is 4. The molecule has 1 aromatic rings. The quantitative estimate of drug-likeness (QED) is 0.621. The number of nitrogens with one attached hydrogen (secondary N) is 1. The fourth-order valence-electron chi connectivity index (χ4n) is 2.45. The minimum atomic E-state index is -0.00644. The van der Waals surface area contributed by atoms with Crippen molar-refractivity contribution in [1.29, 1.82) is 0 Å². The SMILES string of the molecule is CCOc1ccccc1C(NN)C1CCCCO1. The molecule has 0 spiro atoms. The molecule has 1 aromatic carbocycles. The molecule has 2 atom stereocenters. The van der Waals surface area contributed by atoms with Crippen molar-refractivity contribution >= 4 is 0 Å². The van der Waals surface area contributed by atoms with Gasteiger partial charge in [0.25, 0.3) is 0 Å². The summed E-state index contributed by atoms with van der Waals surface area (Å²) in [6.07, 6.45) is 3.50. The van der Waals surface area contributed by atoms with Gasteiger partial charge < -0.3 is 9.47 Å². The predicted octanol–water partition coefficient (Wildman–Crippen LogP) is 2.16. The van der Waals surface area contributed by atoms with Gasteiger partial charge in [-0.1, -0.05) is 18.2 Å². The standard InChI is InChI=1S/C14H22N2O2/c1-2-17-12-8-4-3-7-11(12)14(16-15)13-9-5-6-10-18-13/h3-4,7-8,13-14,16H,2,5-6,9-10,15H2,1H3. The fraction of sp³-hybridized carbons (Fsp3) is 0.571. The van der Waals surface area contributed by atoms with Crippen LogP contribution >= 0.6 is 0 Å². The first kappa shape index (κ1) is 13.3. The van der Waals surface area contributed by atoms with Crippen molar-refractivity contribution < 1.29 is 9.47 Å². The highest BCUT2D eigenvalue weighted by Crippen LogP contribution is 2.31. The Morgan fingerprint density at radius 1 is 1.44 bits per heavy atom. The summed E-state index contributed by atoms with van der Waals surface area (Å²) in [5.41, 5.74) is 3.96. The summed E-state index contributed by atoms with van der Waals surface area (Å²) in [6, 6.07) is 8.00. The van der Waals surface area contributed by atoms with Crippen molar-refractivity contribution in [3.63, 3.8) is 0 Å². The second-order valence-corrected chi connectivity index (χ2v) is 4.52. The Kier molecular flexibility index (Phi) is 4.99. The van der Waals surface area contributed by atoms with Crippen LogP contribution in [0.2, 0.25) is 0 Å². The van der Waals surface area contributed by atoms with E-state index in [1.54, 1.807) is 0 Å². The second kappa shape index (κ2) is 6.73. The Balaban J connectivity index is 2.20. The Labute approximate surface area is 108 Å². The van der Waals surface area contributed by atoms with Crippen molar-refractivity contribution in [3.8, 4) is 5.75 Å². The van der Waals surface area contributed by atoms with Gasteiger partial charge in [-0.15, -0.1) is 0 Å². The normalized spacial score (nSPS) is 21.6. The van der Waals surface area contributed by atoms with E-state index in [0.29, 0.717) is 6.61 Å². The molecule has 1 fully saturated rings. The summed E-state index contributed by atoms with van der Waals surface area (Å²) in [4.78, 5) is 0. The van der Waals surface area contributed by atoms with Crippen molar-refractivity contribution in [2.75, 3.05) is 13.2 Å². The third-order valence-electron chi connectivity index (χ3n) is 3.32. The van der Waals surface area contributed by atoms with Crippen LogP contribution in [0.1, 0.15) is 37.8 Å². The number of benzene rings is 1. The maximum Gasteiger partial charge on any atom is 0.124 e. The third kappa shape index (κ3) is 3.02. The van der Waals surface area contributed by atoms with Crippen LogP contribution in [0.3, 0.4) is 0 Å². The highest BCUT2D eigenvalue weighted by atomic mass is 16.5. The summed E-state index contributed by atoms with van der Waals surface area (Å²) < 4.78 is 11.5. The molecule has 2 rings (SSSR count). The average molecular weight is 250 g/mol. The van der Waals surface area contributed by atoms with Gasteiger partial charge in [0.1, 0.15) is 5.75 Å². The van der Waals surface area contributed by atoms with Crippen molar-refractivity contribution in [2.45, 2.75) is 38.3 Å². The molecule has 0 amide bonds. The Hall–Kier alpha value is -1.10. The molecule has 1 aliphatic heterocycles. The predicted molar refractivity (Wildman–Crippen MR) is 71.3 cm³/mol. The molecule has 0 radical (unpaired) electrons. The van der Waals surface area contributed by atoms with E-state index in [1.165, 1.54) is 6.42 Å². The molecular formula is C14H22N2O2. The monoisotopic (exact) mass is 250 g/mol. The molecule has 4 nitrogen and oxygen atoms in total. The molecule has 3 N–H and O–H groups in total. The van der Waals surface area contributed by atoms with Gasteiger partial charge >= 0.3 is 0 Å². The van der Waals surface area contributed by atoms with Crippen LogP contribution in [0.15, 0.2) is 24.3 Å². The molecule has 1 aliphatic rings. The van der Waals surface area contributed by atoms with E-state index in [-0.39, 0.29) is 12.1 Å². The molecule has 1 saturated heterocycles. The Morgan fingerprint density at radius 3 is 2.94 bits per heavy atom. The van der Waals surface area contributed by atoms with Crippen molar-refractivity contribution in [1.82, 2.24) is 5.43 Å². The highest BCUT2D eigenvalue weighted by molar-refractivity contribution is 5.36. The van der Waals surface area contributed by atoms with E-state index < -0.39 is 0 Å². The van der Waals surface area contributed by atoms with Gasteiger partial charge in [-0.3, -0.25) is 11.3 Å². The number of hydrazine groups is 1. The van der Waals surface area contributed by atoms with Crippen LogP contribution in [-0.2, 0) is 4.74 Å². The molecule has 0 bridgehead atoms. The van der Waals surface area contributed by atoms with E-state index in [9.17, 15) is 0 Å². The van der Waals surface area contributed by atoms with Crippen LogP contribution in [0, 0.1) is 0 Å². The minimum absolute atomic E-state index is 0.00644. The summed E-state index contributed by atoms with van der Waals surface area (Å²) in [7, 11) is 0. The summed E-state index contributed by atoms with van der Waals surface area (Å²) in [5.74, 6) is 6.60. The minimum Gasteiger partial charge on any atom is -0.494 e. The molecule has 1 heterocycles. The third-order valence-corrected chi connectivity index (χ3v) is 3.32. The van der Waals surface area contributed by atoms with Gasteiger partial charge in [0.05, 0.1) is 18.8 Å². The summed E-state index contributed by atoms with van der Waals surface area (Å²) in [6.45, 7) is 3.46. The number of ether oxygens (including phenoxy) is 2. The maximum atomic E-state index is 5.82. The van der Waals surface area contributed by atoms with Gasteiger partial charge in [0.2, 0.25) is 0 Å². The van der Waals surface area contributed by atoms with Crippen molar-refractivity contribution in [3.05, 3.63) is 29.8 Å². The lowest BCUT2D eigenvalue weighted by Crippen LogP contribution is -2.39. The van der Waals surface area contributed by atoms with Gasteiger partial charge in [-0.05, 0) is 32.3 Å². The van der Waals surface area contributed by atoms with Gasteiger partial charge in [0.15, 0.2) is 0 Å². The maximum absolute atomic E-state index is 5.82. The van der Waals surface area contributed by atoms with Gasteiger partial charge in [-0.25, -0.2) is 0 Å². The van der Waals surface area contributed by atoms with Crippen LogP contribution in [0.25, 0.3) is 0 Å². The van der Waals surface area contributed by atoms with Gasteiger partial charge in [0, 0.05) is 12.2 Å². The average Bonchev–Trinajstić information content (AvgIpc) is 2.43. The fourth-order valence-corrected chi connectivity index (χ4v) is 2.45. The first-order valence-corrected chi connectivity index (χ1v) is 6.66. The number of nitrogens with two attached hydrogens (primary N) is 1. The first-order chi connectivity index (χ1) is 8.86. The van der Waals surface area contributed by atoms with Crippen LogP contribution in [0.5, 0.6) is 5.75 Å². The molecule has 0 saturated carbocycles. The lowest BCUT2D eigenvalue weighted by atomic mass is 9.95. The lowest BCUT2D eigenvalue weighted by Gasteiger charge is -2.31. The summed E-state index contributed by atoms with van der Waals surface area (Å²) >= 11 is 0. The summed E-state index contributed by atoms with van der Waals surface area (Å²) in [5, 5.41) is 0. The smallest absolute Gasteiger partial charge is 0.124 e. The Morgan fingerprint density at radius 2 is 2.28 bits per heavy atom. The number of rotatable bonds is 5.